The van der Waals surface area contributed by atoms with Crippen molar-refractivity contribution in [3.63, 3.8) is 0 Å². The molecule has 2 fully saturated rings. The van der Waals surface area contributed by atoms with Gasteiger partial charge in [-0.1, -0.05) is 0 Å². The van der Waals surface area contributed by atoms with Crippen LogP contribution in [0, 0.1) is 6.92 Å². The molecule has 1 aromatic rings. The molecule has 21 heavy (non-hydrogen) atoms. The quantitative estimate of drug-likeness (QED) is 0.807. The van der Waals surface area contributed by atoms with E-state index in [0.29, 0.717) is 0 Å². The van der Waals surface area contributed by atoms with Crippen LogP contribution in [0.15, 0.2) is 12.1 Å². The summed E-state index contributed by atoms with van der Waals surface area (Å²) in [7, 11) is 0. The Morgan fingerprint density at radius 3 is 2.90 bits per heavy atom. The number of nitrogens with zero attached hydrogens (tertiary/aromatic N) is 2. The predicted octanol–water partition coefficient (Wildman–Crippen LogP) is 1.55. The number of hydrogen-bond acceptors (Lipinski definition) is 5. The van der Waals surface area contributed by atoms with Crippen LogP contribution in [-0.2, 0) is 11.3 Å². The lowest BCUT2D eigenvalue weighted by molar-refractivity contribution is 0.0185. The minimum atomic E-state index is 0.758. The molecule has 0 amide bonds. The fourth-order valence-electron chi connectivity index (χ4n) is 3.28. The van der Waals surface area contributed by atoms with E-state index in [0.717, 1.165) is 45.4 Å². The zero-order chi connectivity index (χ0) is 14.5. The van der Waals surface area contributed by atoms with E-state index in [2.05, 4.69) is 34.2 Å². The molecule has 2 saturated heterocycles. The number of nitrogens with one attached hydrogen (secondary N) is 1. The highest BCUT2D eigenvalue weighted by Gasteiger charge is 2.28. The third-order valence-electron chi connectivity index (χ3n) is 4.51. The highest BCUT2D eigenvalue weighted by Crippen LogP contribution is 2.17. The number of likely N-dealkylation sites (tertiary alicyclic amines) is 1. The molecule has 3 heterocycles. The minimum Gasteiger partial charge on any atom is -0.379 e. The van der Waals surface area contributed by atoms with E-state index in [1.165, 1.54) is 35.8 Å². The van der Waals surface area contributed by atoms with Crippen molar-refractivity contribution in [2.45, 2.75) is 25.9 Å². The van der Waals surface area contributed by atoms with Crippen LogP contribution in [0.25, 0.3) is 0 Å². The lowest BCUT2D eigenvalue weighted by atomic mass is 10.2. The second-order valence-electron chi connectivity index (χ2n) is 6.08. The molecule has 1 aromatic heterocycles. The first-order chi connectivity index (χ1) is 10.3. The van der Waals surface area contributed by atoms with Gasteiger partial charge in [-0.05, 0) is 32.0 Å². The number of ether oxygens (including phenoxy) is 1. The summed E-state index contributed by atoms with van der Waals surface area (Å²) in [6.07, 6.45) is 1.32. The maximum atomic E-state index is 5.45. The van der Waals surface area contributed by atoms with Crippen molar-refractivity contribution < 1.29 is 4.74 Å². The molecule has 1 atom stereocenters. The second kappa shape index (κ2) is 7.70. The van der Waals surface area contributed by atoms with E-state index in [4.69, 9.17) is 4.74 Å². The van der Waals surface area contributed by atoms with Crippen molar-refractivity contribution >= 4 is 11.3 Å². The van der Waals surface area contributed by atoms with Crippen LogP contribution in [0.3, 0.4) is 0 Å². The van der Waals surface area contributed by atoms with E-state index in [1.807, 2.05) is 11.3 Å². The third kappa shape index (κ3) is 4.50. The Morgan fingerprint density at radius 1 is 1.29 bits per heavy atom. The highest BCUT2D eigenvalue weighted by molar-refractivity contribution is 7.11. The van der Waals surface area contributed by atoms with Crippen molar-refractivity contribution in [2.75, 3.05) is 52.5 Å². The summed E-state index contributed by atoms with van der Waals surface area (Å²) in [6.45, 7) is 12.0. The van der Waals surface area contributed by atoms with Crippen LogP contribution in [-0.4, -0.2) is 68.3 Å². The predicted molar refractivity (Wildman–Crippen MR) is 88.0 cm³/mol. The van der Waals surface area contributed by atoms with Gasteiger partial charge in [0.1, 0.15) is 0 Å². The van der Waals surface area contributed by atoms with Gasteiger partial charge in [0, 0.05) is 55.1 Å². The van der Waals surface area contributed by atoms with Gasteiger partial charge in [0.15, 0.2) is 0 Å². The number of morpholine rings is 1. The summed E-state index contributed by atoms with van der Waals surface area (Å²) >= 11 is 1.89. The molecule has 4 nitrogen and oxygen atoms in total. The monoisotopic (exact) mass is 309 g/mol. The van der Waals surface area contributed by atoms with Crippen LogP contribution in [0.1, 0.15) is 16.2 Å². The number of aryl methyl sites for hydroxylation is 1. The standard InChI is InChI=1S/C16H27N3OS/c1-14-2-3-16(21-14)12-17-5-7-18-6-4-15(13-18)19-8-10-20-11-9-19/h2-3,15,17H,4-13H2,1H3. The van der Waals surface area contributed by atoms with Crippen molar-refractivity contribution in [1.29, 1.82) is 0 Å². The molecule has 118 valence electrons. The summed E-state index contributed by atoms with van der Waals surface area (Å²) in [5.74, 6) is 0. The molecule has 1 N–H and O–H groups in total. The maximum absolute atomic E-state index is 5.45. The van der Waals surface area contributed by atoms with E-state index in [1.54, 1.807) is 0 Å². The van der Waals surface area contributed by atoms with E-state index < -0.39 is 0 Å². The summed E-state index contributed by atoms with van der Waals surface area (Å²) in [5.41, 5.74) is 0. The van der Waals surface area contributed by atoms with Crippen LogP contribution in [0.2, 0.25) is 0 Å². The number of rotatable bonds is 6. The van der Waals surface area contributed by atoms with Crippen LogP contribution in [0.5, 0.6) is 0 Å². The van der Waals surface area contributed by atoms with Gasteiger partial charge in [0.25, 0.3) is 0 Å². The molecule has 0 bridgehead atoms. The van der Waals surface area contributed by atoms with Gasteiger partial charge in [-0.25, -0.2) is 0 Å². The number of hydrogen-bond donors (Lipinski definition) is 1. The smallest absolute Gasteiger partial charge is 0.0594 e. The Labute approximate surface area is 132 Å². The number of thiophene rings is 1. The molecular formula is C16H27N3OS. The largest absolute Gasteiger partial charge is 0.379 e. The first-order valence-corrected chi connectivity index (χ1v) is 8.93. The average molecular weight is 309 g/mol. The SMILES string of the molecule is Cc1ccc(CNCCN2CCC(N3CCOCC3)C2)s1. The Bertz CT molecular complexity index is 431. The molecule has 0 saturated carbocycles. The van der Waals surface area contributed by atoms with Crippen molar-refractivity contribution in [2.24, 2.45) is 0 Å². The summed E-state index contributed by atoms with van der Waals surface area (Å²) in [6, 6.07) is 5.20. The summed E-state index contributed by atoms with van der Waals surface area (Å²) in [5, 5.41) is 3.57. The molecule has 0 aliphatic carbocycles. The van der Waals surface area contributed by atoms with Crippen LogP contribution < -0.4 is 5.32 Å². The topological polar surface area (TPSA) is 27.7 Å². The third-order valence-corrected chi connectivity index (χ3v) is 5.51. The van der Waals surface area contributed by atoms with Gasteiger partial charge in [0.2, 0.25) is 0 Å². The lowest BCUT2D eigenvalue weighted by Crippen LogP contribution is -2.45. The molecule has 0 spiro atoms. The molecule has 2 aliphatic heterocycles. The lowest BCUT2D eigenvalue weighted by Gasteiger charge is -2.32. The molecule has 5 heteroatoms. The zero-order valence-electron chi connectivity index (χ0n) is 13.0. The molecule has 0 aromatic carbocycles. The molecular weight excluding hydrogens is 282 g/mol. The van der Waals surface area contributed by atoms with Crippen LogP contribution in [0.4, 0.5) is 0 Å². The summed E-state index contributed by atoms with van der Waals surface area (Å²) < 4.78 is 5.45. The first kappa shape index (κ1) is 15.4. The minimum absolute atomic E-state index is 0.758. The Kier molecular flexibility index (Phi) is 5.66. The Balaban J connectivity index is 1.31. The highest BCUT2D eigenvalue weighted by atomic mass is 32.1. The molecule has 3 rings (SSSR count). The Morgan fingerprint density at radius 2 is 2.14 bits per heavy atom. The summed E-state index contributed by atoms with van der Waals surface area (Å²) in [4.78, 5) is 8.07. The van der Waals surface area contributed by atoms with Crippen molar-refractivity contribution in [3.05, 3.63) is 21.9 Å². The van der Waals surface area contributed by atoms with E-state index in [9.17, 15) is 0 Å². The van der Waals surface area contributed by atoms with Crippen LogP contribution >= 0.6 is 11.3 Å². The first-order valence-electron chi connectivity index (χ1n) is 8.11. The fourth-order valence-corrected chi connectivity index (χ4v) is 4.14. The molecule has 2 aliphatic rings. The van der Waals surface area contributed by atoms with Crippen molar-refractivity contribution in [3.8, 4) is 0 Å². The van der Waals surface area contributed by atoms with Gasteiger partial charge in [-0.3, -0.25) is 4.90 Å². The average Bonchev–Trinajstić information content (AvgIpc) is 3.14. The molecule has 1 unspecified atom stereocenters. The second-order valence-corrected chi connectivity index (χ2v) is 7.45. The van der Waals surface area contributed by atoms with Gasteiger partial charge < -0.3 is 15.0 Å². The van der Waals surface area contributed by atoms with Gasteiger partial charge in [0.05, 0.1) is 13.2 Å². The van der Waals surface area contributed by atoms with Gasteiger partial charge in [-0.15, -0.1) is 11.3 Å². The van der Waals surface area contributed by atoms with Gasteiger partial charge in [-0.2, -0.15) is 0 Å². The fraction of sp³-hybridized carbons (Fsp3) is 0.750. The van der Waals surface area contributed by atoms with Gasteiger partial charge >= 0.3 is 0 Å². The normalized spacial score (nSPS) is 24.7. The van der Waals surface area contributed by atoms with E-state index >= 15 is 0 Å². The zero-order valence-corrected chi connectivity index (χ0v) is 13.8. The molecule has 0 radical (unpaired) electrons. The van der Waals surface area contributed by atoms with Crippen molar-refractivity contribution in [1.82, 2.24) is 15.1 Å². The Hall–Kier alpha value is -0.460. The maximum Gasteiger partial charge on any atom is 0.0594 e. The van der Waals surface area contributed by atoms with E-state index in [-0.39, 0.29) is 0 Å².